The number of fused-ring (bicyclic) bond motifs is 1. The molecule has 0 spiro atoms. The molecule has 3 aromatic rings. The van der Waals surface area contributed by atoms with Crippen LogP contribution in [0.3, 0.4) is 0 Å². The summed E-state index contributed by atoms with van der Waals surface area (Å²) in [5.41, 5.74) is 4.70. The summed E-state index contributed by atoms with van der Waals surface area (Å²) in [7, 11) is 0. The Labute approximate surface area is 148 Å². The number of hydroxylamine groups is 2. The Hall–Kier alpha value is -2.62. The fourth-order valence-corrected chi connectivity index (χ4v) is 3.39. The zero-order valence-electron chi connectivity index (χ0n) is 14.0. The van der Waals surface area contributed by atoms with Crippen molar-refractivity contribution in [1.29, 1.82) is 0 Å². The molecule has 3 aromatic carbocycles. The van der Waals surface area contributed by atoms with Crippen LogP contribution in [0.1, 0.15) is 28.3 Å². The molecule has 25 heavy (non-hydrogen) atoms. The number of nitrogens with zero attached hydrogens (tertiary/aromatic N) is 1. The van der Waals surface area contributed by atoms with E-state index in [4.69, 9.17) is 4.74 Å². The fraction of sp³-hybridized carbons (Fsp3) is 0.182. The van der Waals surface area contributed by atoms with E-state index in [0.29, 0.717) is 13.2 Å². The van der Waals surface area contributed by atoms with Crippen LogP contribution in [0, 0.1) is 0 Å². The lowest BCUT2D eigenvalue weighted by molar-refractivity contribution is -0.121. The van der Waals surface area contributed by atoms with E-state index in [9.17, 15) is 5.21 Å². The van der Waals surface area contributed by atoms with Crippen molar-refractivity contribution in [2.45, 2.75) is 19.1 Å². The van der Waals surface area contributed by atoms with Crippen LogP contribution in [0.25, 0.3) is 0 Å². The molecule has 1 atom stereocenters. The molecule has 0 saturated carbocycles. The minimum Gasteiger partial charge on any atom is -0.489 e. The van der Waals surface area contributed by atoms with E-state index < -0.39 is 0 Å². The van der Waals surface area contributed by atoms with Crippen LogP contribution < -0.4 is 4.74 Å². The first kappa shape index (κ1) is 15.9. The molecule has 0 saturated heterocycles. The topological polar surface area (TPSA) is 32.7 Å². The number of hydrogen-bond donors (Lipinski definition) is 1. The van der Waals surface area contributed by atoms with E-state index >= 15 is 0 Å². The summed E-state index contributed by atoms with van der Waals surface area (Å²) in [6.45, 7) is 1.20. The molecule has 0 fully saturated rings. The number of ether oxygens (including phenoxy) is 1. The highest BCUT2D eigenvalue weighted by Crippen LogP contribution is 2.34. The molecule has 0 bridgehead atoms. The van der Waals surface area contributed by atoms with Crippen LogP contribution in [-0.2, 0) is 13.0 Å². The number of hydrogen-bond acceptors (Lipinski definition) is 3. The van der Waals surface area contributed by atoms with E-state index in [1.54, 1.807) is 0 Å². The van der Waals surface area contributed by atoms with Crippen LogP contribution in [0.15, 0.2) is 78.9 Å². The molecule has 1 aliphatic rings. The molecule has 1 N–H and O–H groups in total. The van der Waals surface area contributed by atoms with E-state index in [0.717, 1.165) is 23.3 Å². The maximum Gasteiger partial charge on any atom is 0.119 e. The predicted octanol–water partition coefficient (Wildman–Crippen LogP) is 4.60. The third-order valence-corrected chi connectivity index (χ3v) is 4.70. The lowest BCUT2D eigenvalue weighted by Crippen LogP contribution is -2.33. The van der Waals surface area contributed by atoms with Gasteiger partial charge in [-0.2, -0.15) is 5.06 Å². The van der Waals surface area contributed by atoms with Crippen molar-refractivity contribution in [3.63, 3.8) is 0 Å². The van der Waals surface area contributed by atoms with Gasteiger partial charge in [0.15, 0.2) is 0 Å². The molecule has 126 valence electrons. The molecule has 3 heteroatoms. The summed E-state index contributed by atoms with van der Waals surface area (Å²) in [5, 5.41) is 11.8. The standard InChI is InChI=1S/C22H21NO2/c24-23-15-14-18-8-4-5-9-21(18)22(23)19-10-12-20(13-11-19)25-16-17-6-2-1-3-7-17/h1-13,22,24H,14-16H2/t22-/m0/s1. The molecule has 1 aliphatic heterocycles. The van der Waals surface area contributed by atoms with E-state index in [1.165, 1.54) is 16.2 Å². The third kappa shape index (κ3) is 3.43. The van der Waals surface area contributed by atoms with Gasteiger partial charge in [-0.3, -0.25) is 0 Å². The van der Waals surface area contributed by atoms with Crippen molar-refractivity contribution in [2.24, 2.45) is 0 Å². The Kier molecular flexibility index (Phi) is 4.51. The van der Waals surface area contributed by atoms with Crippen molar-refractivity contribution >= 4 is 0 Å². The second-order valence-corrected chi connectivity index (χ2v) is 6.36. The third-order valence-electron chi connectivity index (χ3n) is 4.70. The lowest BCUT2D eigenvalue weighted by Gasteiger charge is -2.33. The van der Waals surface area contributed by atoms with Gasteiger partial charge in [0.1, 0.15) is 12.4 Å². The van der Waals surface area contributed by atoms with Crippen LogP contribution >= 0.6 is 0 Å². The highest BCUT2D eigenvalue weighted by atomic mass is 16.5. The molecule has 0 aromatic heterocycles. The smallest absolute Gasteiger partial charge is 0.119 e. The van der Waals surface area contributed by atoms with E-state index in [1.807, 2.05) is 48.5 Å². The quantitative estimate of drug-likeness (QED) is 0.758. The van der Waals surface area contributed by atoms with E-state index in [-0.39, 0.29) is 6.04 Å². The molecular weight excluding hydrogens is 310 g/mol. The summed E-state index contributed by atoms with van der Waals surface area (Å²) < 4.78 is 5.85. The van der Waals surface area contributed by atoms with Crippen molar-refractivity contribution in [1.82, 2.24) is 5.06 Å². The van der Waals surface area contributed by atoms with Gasteiger partial charge in [0.05, 0.1) is 6.04 Å². The highest BCUT2D eigenvalue weighted by Gasteiger charge is 2.27. The Morgan fingerprint density at radius 2 is 1.60 bits per heavy atom. The summed E-state index contributed by atoms with van der Waals surface area (Å²) in [4.78, 5) is 0. The Bertz CT molecular complexity index is 830. The van der Waals surface area contributed by atoms with Gasteiger partial charge in [-0.15, -0.1) is 0 Å². The molecule has 0 unspecified atom stereocenters. The molecular formula is C22H21NO2. The normalized spacial score (nSPS) is 17.1. The maximum absolute atomic E-state index is 10.4. The van der Waals surface area contributed by atoms with Crippen molar-refractivity contribution < 1.29 is 9.94 Å². The summed E-state index contributed by atoms with van der Waals surface area (Å²) in [6.07, 6.45) is 0.876. The van der Waals surface area contributed by atoms with Gasteiger partial charge in [-0.25, -0.2) is 0 Å². The zero-order valence-corrected chi connectivity index (χ0v) is 14.0. The van der Waals surface area contributed by atoms with Gasteiger partial charge < -0.3 is 9.94 Å². The van der Waals surface area contributed by atoms with Gasteiger partial charge in [-0.05, 0) is 40.8 Å². The average molecular weight is 331 g/mol. The zero-order chi connectivity index (χ0) is 17.1. The molecule has 3 nitrogen and oxygen atoms in total. The molecule has 0 amide bonds. The molecule has 0 aliphatic carbocycles. The van der Waals surface area contributed by atoms with Crippen LogP contribution in [-0.4, -0.2) is 16.8 Å². The Morgan fingerprint density at radius 3 is 2.40 bits per heavy atom. The maximum atomic E-state index is 10.4. The Balaban J connectivity index is 1.52. The Morgan fingerprint density at radius 1 is 0.880 bits per heavy atom. The average Bonchev–Trinajstić information content (AvgIpc) is 2.68. The van der Waals surface area contributed by atoms with Crippen molar-refractivity contribution in [3.05, 3.63) is 101 Å². The monoisotopic (exact) mass is 331 g/mol. The largest absolute Gasteiger partial charge is 0.489 e. The fourth-order valence-electron chi connectivity index (χ4n) is 3.39. The van der Waals surface area contributed by atoms with Gasteiger partial charge in [0, 0.05) is 6.54 Å². The summed E-state index contributed by atoms with van der Waals surface area (Å²) in [5.74, 6) is 0.834. The van der Waals surface area contributed by atoms with Gasteiger partial charge in [0.25, 0.3) is 0 Å². The van der Waals surface area contributed by atoms with Crippen molar-refractivity contribution in [3.8, 4) is 5.75 Å². The van der Waals surface area contributed by atoms with Crippen LogP contribution in [0.2, 0.25) is 0 Å². The SMILES string of the molecule is ON1CCc2ccccc2[C@@H]1c1ccc(OCc2ccccc2)cc1. The first-order valence-electron chi connectivity index (χ1n) is 8.61. The van der Waals surface area contributed by atoms with Crippen LogP contribution in [0.4, 0.5) is 0 Å². The first-order valence-corrected chi connectivity index (χ1v) is 8.61. The minimum absolute atomic E-state index is 0.117. The van der Waals surface area contributed by atoms with Gasteiger partial charge in [-0.1, -0.05) is 66.7 Å². The van der Waals surface area contributed by atoms with E-state index in [2.05, 4.69) is 30.3 Å². The second-order valence-electron chi connectivity index (χ2n) is 6.36. The molecule has 1 heterocycles. The van der Waals surface area contributed by atoms with Crippen LogP contribution in [0.5, 0.6) is 5.75 Å². The minimum atomic E-state index is -0.117. The van der Waals surface area contributed by atoms with Crippen molar-refractivity contribution in [2.75, 3.05) is 6.54 Å². The highest BCUT2D eigenvalue weighted by molar-refractivity contribution is 5.40. The molecule has 4 rings (SSSR count). The van der Waals surface area contributed by atoms with Gasteiger partial charge in [0.2, 0.25) is 0 Å². The summed E-state index contributed by atoms with van der Waals surface area (Å²) in [6, 6.07) is 26.4. The second kappa shape index (κ2) is 7.09. The van der Waals surface area contributed by atoms with Gasteiger partial charge >= 0.3 is 0 Å². The number of rotatable bonds is 4. The lowest BCUT2D eigenvalue weighted by atomic mass is 9.89. The predicted molar refractivity (Wildman–Crippen MR) is 97.7 cm³/mol. The number of benzene rings is 3. The molecule has 0 radical (unpaired) electrons. The summed E-state index contributed by atoms with van der Waals surface area (Å²) >= 11 is 0. The first-order chi connectivity index (χ1) is 12.3.